The topological polar surface area (TPSA) is 86.7 Å². The maximum Gasteiger partial charge on any atom is 0.305 e. The maximum absolute atomic E-state index is 12.6. The molecule has 2 unspecified atom stereocenters. The van der Waals surface area contributed by atoms with Crippen LogP contribution in [0.3, 0.4) is 0 Å². The maximum atomic E-state index is 12.6. The van der Waals surface area contributed by atoms with Gasteiger partial charge in [0.1, 0.15) is 0 Å². The summed E-state index contributed by atoms with van der Waals surface area (Å²) in [6.07, 6.45) is 2.21. The summed E-state index contributed by atoms with van der Waals surface area (Å²) in [6, 6.07) is 6.14. The first-order valence-corrected chi connectivity index (χ1v) is 8.86. The molecule has 1 aliphatic carbocycles. The Labute approximate surface area is 151 Å². The molecule has 6 nitrogen and oxygen atoms in total. The normalized spacial score (nSPS) is 21.2. The van der Waals surface area contributed by atoms with Crippen LogP contribution >= 0.6 is 11.6 Å². The zero-order valence-electron chi connectivity index (χ0n) is 13.8. The number of carbonyl (C=O) groups excluding carboxylic acids is 2. The molecule has 25 heavy (non-hydrogen) atoms. The molecule has 1 aromatic carbocycles. The predicted molar refractivity (Wildman–Crippen MR) is 92.0 cm³/mol. The monoisotopic (exact) mass is 364 g/mol. The van der Waals surface area contributed by atoms with Crippen molar-refractivity contribution < 1.29 is 19.5 Å². The van der Waals surface area contributed by atoms with Crippen LogP contribution in [0.1, 0.15) is 37.3 Å². The van der Waals surface area contributed by atoms with E-state index in [-0.39, 0.29) is 24.7 Å². The minimum Gasteiger partial charge on any atom is -0.481 e. The third-order valence-electron chi connectivity index (χ3n) is 4.74. The molecule has 2 fully saturated rings. The van der Waals surface area contributed by atoms with E-state index in [1.165, 1.54) is 0 Å². The van der Waals surface area contributed by atoms with Crippen LogP contribution in [-0.2, 0) is 14.4 Å². The van der Waals surface area contributed by atoms with Gasteiger partial charge in [-0.05, 0) is 30.4 Å². The highest BCUT2D eigenvalue weighted by Gasteiger charge is 2.38. The summed E-state index contributed by atoms with van der Waals surface area (Å²) < 4.78 is 0. The smallest absolute Gasteiger partial charge is 0.305 e. The van der Waals surface area contributed by atoms with Gasteiger partial charge < -0.3 is 15.3 Å². The minimum atomic E-state index is -1.02. The van der Waals surface area contributed by atoms with Gasteiger partial charge in [-0.15, -0.1) is 0 Å². The van der Waals surface area contributed by atoms with Gasteiger partial charge >= 0.3 is 5.97 Å². The first kappa shape index (κ1) is 17.7. The van der Waals surface area contributed by atoms with Crippen molar-refractivity contribution in [1.82, 2.24) is 10.2 Å². The Hall–Kier alpha value is -2.08. The summed E-state index contributed by atoms with van der Waals surface area (Å²) in [6.45, 7) is 1.13. The second-order valence-electron chi connectivity index (χ2n) is 6.82. The fraction of sp³-hybridized carbons (Fsp3) is 0.500. The van der Waals surface area contributed by atoms with Crippen LogP contribution in [0.25, 0.3) is 0 Å². The van der Waals surface area contributed by atoms with Crippen molar-refractivity contribution in [2.75, 3.05) is 13.1 Å². The van der Waals surface area contributed by atoms with E-state index in [2.05, 4.69) is 5.32 Å². The van der Waals surface area contributed by atoms with Gasteiger partial charge in [-0.2, -0.15) is 0 Å². The number of amides is 2. The molecule has 1 heterocycles. The molecule has 0 aromatic heterocycles. The molecule has 3 rings (SSSR count). The number of rotatable bonds is 7. The number of benzene rings is 1. The Kier molecular flexibility index (Phi) is 5.27. The van der Waals surface area contributed by atoms with Crippen molar-refractivity contribution in [3.63, 3.8) is 0 Å². The first-order valence-electron chi connectivity index (χ1n) is 8.48. The predicted octanol–water partition coefficient (Wildman–Crippen LogP) is 2.23. The molecular weight excluding hydrogens is 344 g/mol. The number of nitrogens with one attached hydrogen (secondary N) is 1. The lowest BCUT2D eigenvalue weighted by atomic mass is 10.0. The number of hydrogen-bond acceptors (Lipinski definition) is 3. The van der Waals surface area contributed by atoms with Gasteiger partial charge in [-0.25, -0.2) is 0 Å². The summed E-state index contributed by atoms with van der Waals surface area (Å²) in [4.78, 5) is 37.6. The Morgan fingerprint density at radius 3 is 2.68 bits per heavy atom. The standard InChI is InChI=1S/C18H21ClN2O4/c19-14-4-2-1-3-13(14)15(8-17(23)24)20-18(25)12-7-16(22)21(10-12)9-11-5-6-11/h1-4,11-12,15H,5-10H2,(H,20,25)(H,23,24). The third kappa shape index (κ3) is 4.51. The van der Waals surface area contributed by atoms with Gasteiger partial charge in [0.2, 0.25) is 11.8 Å². The highest BCUT2D eigenvalue weighted by molar-refractivity contribution is 6.31. The highest BCUT2D eigenvalue weighted by atomic mass is 35.5. The van der Waals surface area contributed by atoms with Gasteiger partial charge in [0.15, 0.2) is 0 Å². The fourth-order valence-electron chi connectivity index (χ4n) is 3.20. The Bertz CT molecular complexity index is 689. The van der Waals surface area contributed by atoms with Gasteiger partial charge in [-0.3, -0.25) is 14.4 Å². The lowest BCUT2D eigenvalue weighted by Crippen LogP contribution is -2.36. The molecule has 2 atom stereocenters. The summed E-state index contributed by atoms with van der Waals surface area (Å²) in [5.41, 5.74) is 0.569. The van der Waals surface area contributed by atoms with E-state index in [1.54, 1.807) is 29.2 Å². The molecule has 1 saturated carbocycles. The van der Waals surface area contributed by atoms with E-state index in [1.807, 2.05) is 0 Å². The lowest BCUT2D eigenvalue weighted by molar-refractivity contribution is -0.138. The number of aliphatic carboxylic acids is 1. The molecule has 2 amide bonds. The Morgan fingerprint density at radius 1 is 1.32 bits per heavy atom. The molecule has 0 spiro atoms. The molecule has 0 radical (unpaired) electrons. The van der Waals surface area contributed by atoms with E-state index in [0.29, 0.717) is 23.0 Å². The van der Waals surface area contributed by atoms with Crippen LogP contribution in [0.2, 0.25) is 5.02 Å². The molecule has 2 aliphatic rings. The second-order valence-corrected chi connectivity index (χ2v) is 7.23. The van der Waals surface area contributed by atoms with Crippen molar-refractivity contribution in [2.45, 2.75) is 31.7 Å². The summed E-state index contributed by atoms with van der Waals surface area (Å²) in [5.74, 6) is -1.18. The van der Waals surface area contributed by atoms with Crippen molar-refractivity contribution in [3.8, 4) is 0 Å². The van der Waals surface area contributed by atoms with E-state index in [4.69, 9.17) is 16.7 Å². The van der Waals surface area contributed by atoms with Crippen LogP contribution in [0.5, 0.6) is 0 Å². The summed E-state index contributed by atoms with van der Waals surface area (Å²) >= 11 is 6.15. The van der Waals surface area contributed by atoms with Crippen molar-refractivity contribution >= 4 is 29.4 Å². The quantitative estimate of drug-likeness (QED) is 0.776. The number of nitrogens with zero attached hydrogens (tertiary/aromatic N) is 1. The number of carbonyl (C=O) groups is 3. The van der Waals surface area contributed by atoms with Gasteiger partial charge in [0.25, 0.3) is 0 Å². The van der Waals surface area contributed by atoms with Crippen molar-refractivity contribution in [2.24, 2.45) is 11.8 Å². The fourth-order valence-corrected chi connectivity index (χ4v) is 3.46. The van der Waals surface area contributed by atoms with E-state index < -0.39 is 17.9 Å². The molecule has 0 bridgehead atoms. The molecule has 1 aromatic rings. The van der Waals surface area contributed by atoms with Gasteiger partial charge in [0.05, 0.1) is 18.4 Å². The second kappa shape index (κ2) is 7.44. The van der Waals surface area contributed by atoms with Crippen LogP contribution < -0.4 is 5.32 Å². The molecule has 2 N–H and O–H groups in total. The van der Waals surface area contributed by atoms with Crippen LogP contribution in [0.4, 0.5) is 0 Å². The minimum absolute atomic E-state index is 0.000391. The Morgan fingerprint density at radius 2 is 2.04 bits per heavy atom. The molecule has 7 heteroatoms. The van der Waals surface area contributed by atoms with E-state index >= 15 is 0 Å². The largest absolute Gasteiger partial charge is 0.481 e. The van der Waals surface area contributed by atoms with Gasteiger partial charge in [-0.1, -0.05) is 29.8 Å². The summed E-state index contributed by atoms with van der Waals surface area (Å²) in [5, 5.41) is 12.3. The molecule has 1 saturated heterocycles. The molecule has 134 valence electrons. The first-order chi connectivity index (χ1) is 11.9. The number of likely N-dealkylation sites (tertiary alicyclic amines) is 1. The van der Waals surface area contributed by atoms with Crippen LogP contribution in [0, 0.1) is 11.8 Å². The summed E-state index contributed by atoms with van der Waals surface area (Å²) in [7, 11) is 0. The highest BCUT2D eigenvalue weighted by Crippen LogP contribution is 2.32. The third-order valence-corrected chi connectivity index (χ3v) is 5.08. The Balaban J connectivity index is 1.67. The van der Waals surface area contributed by atoms with Gasteiger partial charge in [0, 0.05) is 24.5 Å². The molecular formula is C18H21ClN2O4. The SMILES string of the molecule is O=C(O)CC(NC(=O)C1CC(=O)N(CC2CC2)C1)c1ccccc1Cl. The average Bonchev–Trinajstić information content (AvgIpc) is 3.29. The number of halogens is 1. The number of carboxylic acid groups (broad SMARTS) is 1. The van der Waals surface area contributed by atoms with Crippen molar-refractivity contribution in [1.29, 1.82) is 0 Å². The zero-order valence-corrected chi connectivity index (χ0v) is 14.5. The van der Waals surface area contributed by atoms with Crippen molar-refractivity contribution in [3.05, 3.63) is 34.9 Å². The van der Waals surface area contributed by atoms with Crippen LogP contribution in [0.15, 0.2) is 24.3 Å². The van der Waals surface area contributed by atoms with E-state index in [9.17, 15) is 14.4 Å². The number of carboxylic acids is 1. The number of hydrogen-bond donors (Lipinski definition) is 2. The van der Waals surface area contributed by atoms with E-state index in [0.717, 1.165) is 19.4 Å². The van der Waals surface area contributed by atoms with Crippen LogP contribution in [-0.4, -0.2) is 40.9 Å². The lowest BCUT2D eigenvalue weighted by Gasteiger charge is -2.21. The average molecular weight is 365 g/mol. The molecule has 1 aliphatic heterocycles. The zero-order chi connectivity index (χ0) is 18.0.